The van der Waals surface area contributed by atoms with Crippen LogP contribution < -0.4 is 10.9 Å². The van der Waals surface area contributed by atoms with E-state index in [0.717, 1.165) is 51.3 Å². The molecule has 1 atom stereocenters. The third-order valence-electron chi connectivity index (χ3n) is 6.38. The molecule has 2 aromatic carbocycles. The molecule has 3 aromatic rings. The average Bonchev–Trinajstić information content (AvgIpc) is 2.89. The van der Waals surface area contributed by atoms with Crippen molar-refractivity contribution >= 4 is 28.6 Å². The van der Waals surface area contributed by atoms with Crippen LogP contribution in [-0.4, -0.2) is 59.0 Å². The van der Waals surface area contributed by atoms with Gasteiger partial charge in [-0.05, 0) is 43.0 Å². The second-order valence-corrected chi connectivity index (χ2v) is 9.79. The first kappa shape index (κ1) is 25.4. The molecule has 1 aliphatic heterocycles. The maximum Gasteiger partial charge on any atom is 0.262 e. The number of benzene rings is 2. The molecular weight excluding hydrogens is 460 g/mol. The van der Waals surface area contributed by atoms with Gasteiger partial charge in [-0.2, -0.15) is 0 Å². The maximum atomic E-state index is 13.3. The summed E-state index contributed by atoms with van der Waals surface area (Å²) in [6.45, 7) is 8.95. The molecule has 8 heteroatoms. The molecule has 1 saturated heterocycles. The monoisotopic (exact) mass is 494 g/mol. The van der Waals surface area contributed by atoms with Crippen molar-refractivity contribution in [1.29, 1.82) is 0 Å². The van der Waals surface area contributed by atoms with E-state index in [1.54, 1.807) is 4.57 Å². The molecule has 0 aliphatic carbocycles. The maximum absolute atomic E-state index is 13.3. The Morgan fingerprint density at radius 1 is 1.11 bits per heavy atom. The molecule has 7 nitrogen and oxygen atoms in total. The molecule has 2 heterocycles. The number of rotatable bonds is 10. The first-order valence-electron chi connectivity index (χ1n) is 12.4. The van der Waals surface area contributed by atoms with Gasteiger partial charge < -0.3 is 10.1 Å². The number of nitrogens with one attached hydrogen (secondary N) is 1. The summed E-state index contributed by atoms with van der Waals surface area (Å²) in [6, 6.07) is 15.6. The highest BCUT2D eigenvalue weighted by Gasteiger charge is 2.16. The number of hydrogen-bond donors (Lipinski definition) is 1. The summed E-state index contributed by atoms with van der Waals surface area (Å²) in [5.41, 5.74) is 2.96. The van der Waals surface area contributed by atoms with Gasteiger partial charge in [0.25, 0.3) is 5.56 Å². The highest BCUT2D eigenvalue weighted by Crippen LogP contribution is 2.19. The highest BCUT2D eigenvalue weighted by molar-refractivity contribution is 7.99. The van der Waals surface area contributed by atoms with E-state index in [2.05, 4.69) is 41.4 Å². The van der Waals surface area contributed by atoms with Crippen molar-refractivity contribution in [3.05, 3.63) is 70.0 Å². The van der Waals surface area contributed by atoms with Crippen LogP contribution in [0.3, 0.4) is 0 Å². The van der Waals surface area contributed by atoms with Crippen LogP contribution in [0.25, 0.3) is 10.9 Å². The number of amides is 1. The summed E-state index contributed by atoms with van der Waals surface area (Å²) in [6.07, 6.45) is 1.83. The molecule has 0 spiro atoms. The zero-order valence-corrected chi connectivity index (χ0v) is 21.4. The van der Waals surface area contributed by atoms with Crippen molar-refractivity contribution in [1.82, 2.24) is 19.8 Å². The Morgan fingerprint density at radius 2 is 1.86 bits per heavy atom. The Balaban J connectivity index is 1.43. The second-order valence-electron chi connectivity index (χ2n) is 8.85. The highest BCUT2D eigenvalue weighted by atomic mass is 32.2. The van der Waals surface area contributed by atoms with Crippen molar-refractivity contribution in [3.63, 3.8) is 0 Å². The SMILES string of the molecule is CCc1ccc(C(C)NC(=O)CSc2nc3ccccc3c(=O)n2CCCN2CCOCC2)cc1. The van der Waals surface area contributed by atoms with E-state index in [4.69, 9.17) is 9.72 Å². The van der Waals surface area contributed by atoms with Gasteiger partial charge in [0.15, 0.2) is 5.16 Å². The topological polar surface area (TPSA) is 76.5 Å². The fourth-order valence-electron chi connectivity index (χ4n) is 4.27. The van der Waals surface area contributed by atoms with Crippen molar-refractivity contribution < 1.29 is 9.53 Å². The minimum Gasteiger partial charge on any atom is -0.379 e. The van der Waals surface area contributed by atoms with E-state index >= 15 is 0 Å². The van der Waals surface area contributed by atoms with Crippen LogP contribution in [0.5, 0.6) is 0 Å². The van der Waals surface area contributed by atoms with Gasteiger partial charge in [-0.25, -0.2) is 4.98 Å². The number of ether oxygens (including phenoxy) is 1. The number of hydrogen-bond acceptors (Lipinski definition) is 6. The Labute approximate surface area is 210 Å². The van der Waals surface area contributed by atoms with Gasteiger partial charge in [-0.1, -0.05) is 55.1 Å². The van der Waals surface area contributed by atoms with E-state index in [1.807, 2.05) is 31.2 Å². The lowest BCUT2D eigenvalue weighted by atomic mass is 10.1. The second kappa shape index (κ2) is 12.3. The van der Waals surface area contributed by atoms with Gasteiger partial charge in [-0.15, -0.1) is 0 Å². The van der Waals surface area contributed by atoms with E-state index in [1.165, 1.54) is 17.3 Å². The van der Waals surface area contributed by atoms with Gasteiger partial charge in [0.1, 0.15) is 0 Å². The summed E-state index contributed by atoms with van der Waals surface area (Å²) in [5, 5.41) is 4.26. The lowest BCUT2D eigenvalue weighted by molar-refractivity contribution is -0.119. The van der Waals surface area contributed by atoms with Gasteiger partial charge in [0.2, 0.25) is 5.91 Å². The number of morpholine rings is 1. The van der Waals surface area contributed by atoms with Crippen LogP contribution in [0.4, 0.5) is 0 Å². The number of carbonyl (C=O) groups excluding carboxylic acids is 1. The van der Waals surface area contributed by atoms with Gasteiger partial charge >= 0.3 is 0 Å². The molecular formula is C27H34N4O3S. The van der Waals surface area contributed by atoms with Crippen LogP contribution in [0, 0.1) is 0 Å². The lowest BCUT2D eigenvalue weighted by Gasteiger charge is -2.26. The van der Waals surface area contributed by atoms with E-state index < -0.39 is 0 Å². The van der Waals surface area contributed by atoms with E-state index in [-0.39, 0.29) is 23.3 Å². The number of thioether (sulfide) groups is 1. The minimum atomic E-state index is -0.0886. The fraction of sp³-hybridized carbons (Fsp3) is 0.444. The number of fused-ring (bicyclic) bond motifs is 1. The van der Waals surface area contributed by atoms with Crippen molar-refractivity contribution in [2.75, 3.05) is 38.6 Å². The Bertz CT molecular complexity index is 1190. The molecule has 186 valence electrons. The predicted molar refractivity (Wildman–Crippen MR) is 141 cm³/mol. The quantitative estimate of drug-likeness (QED) is 0.343. The van der Waals surface area contributed by atoms with Gasteiger partial charge in [0.05, 0.1) is 35.9 Å². The molecule has 0 bridgehead atoms. The molecule has 1 fully saturated rings. The summed E-state index contributed by atoms with van der Waals surface area (Å²) in [5.74, 6) is 0.121. The summed E-state index contributed by atoms with van der Waals surface area (Å²) >= 11 is 1.32. The molecule has 1 unspecified atom stereocenters. The molecule has 0 saturated carbocycles. The fourth-order valence-corrected chi connectivity index (χ4v) is 5.11. The summed E-state index contributed by atoms with van der Waals surface area (Å²) in [4.78, 5) is 33.1. The van der Waals surface area contributed by atoms with Crippen LogP contribution in [0.1, 0.15) is 37.4 Å². The predicted octanol–water partition coefficient (Wildman–Crippen LogP) is 3.65. The van der Waals surface area contributed by atoms with E-state index in [9.17, 15) is 9.59 Å². The van der Waals surface area contributed by atoms with Crippen LogP contribution in [0.15, 0.2) is 58.5 Å². The van der Waals surface area contributed by atoms with Crippen LogP contribution in [0.2, 0.25) is 0 Å². The van der Waals surface area contributed by atoms with Gasteiger partial charge in [-0.3, -0.25) is 19.1 Å². The standard InChI is InChI=1S/C27H34N4O3S/c1-3-21-9-11-22(12-10-21)20(2)28-25(32)19-35-27-29-24-8-5-4-7-23(24)26(33)31(27)14-6-13-30-15-17-34-18-16-30/h4-5,7-12,20H,3,6,13-19H2,1-2H3,(H,28,32). The molecule has 4 rings (SSSR count). The average molecular weight is 495 g/mol. The molecule has 1 aromatic heterocycles. The molecule has 0 radical (unpaired) electrons. The number of nitrogens with zero attached hydrogens (tertiary/aromatic N) is 3. The molecule has 35 heavy (non-hydrogen) atoms. The number of aryl methyl sites for hydroxylation is 1. The Morgan fingerprint density at radius 3 is 2.60 bits per heavy atom. The summed E-state index contributed by atoms with van der Waals surface area (Å²) in [7, 11) is 0. The smallest absolute Gasteiger partial charge is 0.262 e. The van der Waals surface area contributed by atoms with Gasteiger partial charge in [0, 0.05) is 26.2 Å². The van der Waals surface area contributed by atoms with Crippen molar-refractivity contribution in [3.8, 4) is 0 Å². The minimum absolute atomic E-state index is 0.0510. The third-order valence-corrected chi connectivity index (χ3v) is 7.36. The Hall–Kier alpha value is -2.68. The summed E-state index contributed by atoms with van der Waals surface area (Å²) < 4.78 is 7.15. The lowest BCUT2D eigenvalue weighted by Crippen LogP contribution is -2.37. The number of aromatic nitrogens is 2. The van der Waals surface area contributed by atoms with Crippen LogP contribution >= 0.6 is 11.8 Å². The zero-order chi connectivity index (χ0) is 24.6. The molecule has 1 N–H and O–H groups in total. The zero-order valence-electron chi connectivity index (χ0n) is 20.5. The normalized spacial score (nSPS) is 15.3. The molecule has 1 amide bonds. The largest absolute Gasteiger partial charge is 0.379 e. The number of carbonyl (C=O) groups is 1. The third kappa shape index (κ3) is 6.72. The Kier molecular flexibility index (Phi) is 8.95. The first-order valence-corrected chi connectivity index (χ1v) is 13.3. The van der Waals surface area contributed by atoms with Crippen molar-refractivity contribution in [2.24, 2.45) is 0 Å². The van der Waals surface area contributed by atoms with Crippen LogP contribution in [-0.2, 0) is 22.5 Å². The van der Waals surface area contributed by atoms with E-state index in [0.29, 0.717) is 22.6 Å². The molecule has 1 aliphatic rings. The first-order chi connectivity index (χ1) is 17.0. The van der Waals surface area contributed by atoms with Crippen molar-refractivity contribution in [2.45, 2.75) is 44.4 Å². The number of para-hydroxylation sites is 1.